The normalized spacial score (nSPS) is 18.0. The highest BCUT2D eigenvalue weighted by Gasteiger charge is 2.25. The minimum absolute atomic E-state index is 0.0712. The molecule has 1 fully saturated rings. The molecule has 0 saturated carbocycles. The van der Waals surface area contributed by atoms with Crippen LogP contribution in [-0.2, 0) is 0 Å². The Morgan fingerprint density at radius 2 is 2.00 bits per heavy atom. The largest absolute Gasteiger partial charge is 0.331 e. The molecule has 0 radical (unpaired) electrons. The Hall–Kier alpha value is -0.970. The van der Waals surface area contributed by atoms with Gasteiger partial charge in [0.25, 0.3) is 0 Å². The number of rotatable bonds is 3. The van der Waals surface area contributed by atoms with Crippen LogP contribution in [0.2, 0.25) is 10.0 Å². The molecule has 1 saturated heterocycles. The monoisotopic (exact) mass is 343 g/mol. The summed E-state index contributed by atoms with van der Waals surface area (Å²) in [6.07, 6.45) is 2.01. The molecule has 1 aliphatic rings. The van der Waals surface area contributed by atoms with Crippen LogP contribution in [0.1, 0.15) is 31.4 Å². The Morgan fingerprint density at radius 1 is 1.36 bits per heavy atom. The van der Waals surface area contributed by atoms with E-state index in [1.807, 2.05) is 31.0 Å². The van der Waals surface area contributed by atoms with E-state index in [4.69, 9.17) is 23.2 Å². The molecule has 0 aliphatic carbocycles. The Bertz CT molecular complexity index is 530. The van der Waals surface area contributed by atoms with Crippen LogP contribution in [0.3, 0.4) is 0 Å². The van der Waals surface area contributed by atoms with E-state index in [1.165, 1.54) is 0 Å². The minimum Gasteiger partial charge on any atom is -0.331 e. The van der Waals surface area contributed by atoms with Crippen LogP contribution in [-0.4, -0.2) is 49.1 Å². The maximum Gasteiger partial charge on any atom is 0.317 e. The van der Waals surface area contributed by atoms with Crippen molar-refractivity contribution in [3.8, 4) is 0 Å². The van der Waals surface area contributed by atoms with Crippen molar-refractivity contribution < 1.29 is 4.79 Å². The first-order chi connectivity index (χ1) is 10.4. The van der Waals surface area contributed by atoms with E-state index in [2.05, 4.69) is 17.3 Å². The minimum atomic E-state index is -0.188. The van der Waals surface area contributed by atoms with E-state index in [1.54, 1.807) is 6.07 Å². The van der Waals surface area contributed by atoms with Gasteiger partial charge in [0.2, 0.25) is 0 Å². The van der Waals surface area contributed by atoms with Crippen LogP contribution in [0.15, 0.2) is 18.2 Å². The van der Waals surface area contributed by atoms with E-state index in [-0.39, 0.29) is 12.1 Å². The average molecular weight is 344 g/mol. The molecular weight excluding hydrogens is 321 g/mol. The summed E-state index contributed by atoms with van der Waals surface area (Å²) in [6, 6.07) is 5.50. The number of amides is 2. The zero-order valence-corrected chi connectivity index (χ0v) is 14.8. The van der Waals surface area contributed by atoms with E-state index in [9.17, 15) is 4.79 Å². The maximum absolute atomic E-state index is 12.4. The second-order valence-corrected chi connectivity index (χ2v) is 6.74. The number of hydrogen-bond acceptors (Lipinski definition) is 2. The van der Waals surface area contributed by atoms with Crippen molar-refractivity contribution in [1.82, 2.24) is 15.1 Å². The molecule has 1 heterocycles. The van der Waals surface area contributed by atoms with Gasteiger partial charge >= 0.3 is 6.03 Å². The van der Waals surface area contributed by atoms with Crippen molar-refractivity contribution in [2.24, 2.45) is 0 Å². The van der Waals surface area contributed by atoms with Gasteiger partial charge in [0, 0.05) is 13.1 Å². The van der Waals surface area contributed by atoms with Crippen molar-refractivity contribution >= 4 is 29.2 Å². The van der Waals surface area contributed by atoms with E-state index in [0.717, 1.165) is 31.5 Å². The first kappa shape index (κ1) is 17.4. The van der Waals surface area contributed by atoms with Gasteiger partial charge in [-0.05, 0) is 51.5 Å². The molecule has 2 rings (SSSR count). The molecule has 0 bridgehead atoms. The Labute approximate surface area is 142 Å². The second-order valence-electron chi connectivity index (χ2n) is 5.96. The van der Waals surface area contributed by atoms with Crippen LogP contribution in [0.25, 0.3) is 0 Å². The molecule has 1 unspecified atom stereocenters. The van der Waals surface area contributed by atoms with Gasteiger partial charge < -0.3 is 15.1 Å². The van der Waals surface area contributed by atoms with Gasteiger partial charge in [-0.1, -0.05) is 35.3 Å². The van der Waals surface area contributed by atoms with Crippen LogP contribution in [0.4, 0.5) is 4.79 Å². The van der Waals surface area contributed by atoms with Gasteiger partial charge in [0.1, 0.15) is 0 Å². The van der Waals surface area contributed by atoms with Gasteiger partial charge in [-0.2, -0.15) is 0 Å². The standard InChI is InChI=1S/C16H23Cl2N3O/c1-11(13-5-4-6-14(17)15(13)18)19-16(22)21(3)12-7-9-20(2)10-8-12/h4-6,11-12H,7-10H2,1-3H3,(H,19,22). The lowest BCUT2D eigenvalue weighted by atomic mass is 10.0. The summed E-state index contributed by atoms with van der Waals surface area (Å²) in [5.74, 6) is 0. The predicted octanol–water partition coefficient (Wildman–Crippen LogP) is 3.79. The Kier molecular flexibility index (Phi) is 5.95. The van der Waals surface area contributed by atoms with Crippen LogP contribution >= 0.6 is 23.2 Å². The fourth-order valence-corrected chi connectivity index (χ4v) is 3.24. The van der Waals surface area contributed by atoms with E-state index < -0.39 is 0 Å². The van der Waals surface area contributed by atoms with Gasteiger partial charge in [0.15, 0.2) is 0 Å². The number of urea groups is 1. The SMILES string of the molecule is CC(NC(=O)N(C)C1CCN(C)CC1)c1cccc(Cl)c1Cl. The number of carbonyl (C=O) groups excluding carboxylic acids is 1. The summed E-state index contributed by atoms with van der Waals surface area (Å²) in [5, 5.41) is 4.01. The number of benzene rings is 1. The third-order valence-corrected chi connectivity index (χ3v) is 5.18. The molecule has 1 aromatic carbocycles. The number of nitrogens with zero attached hydrogens (tertiary/aromatic N) is 2. The van der Waals surface area contributed by atoms with Crippen LogP contribution < -0.4 is 5.32 Å². The zero-order chi connectivity index (χ0) is 16.3. The lowest BCUT2D eigenvalue weighted by Crippen LogP contribution is -2.48. The molecule has 22 heavy (non-hydrogen) atoms. The van der Waals surface area contributed by atoms with Crippen molar-refractivity contribution in [2.45, 2.75) is 31.8 Å². The number of hydrogen-bond donors (Lipinski definition) is 1. The predicted molar refractivity (Wildman–Crippen MR) is 91.7 cm³/mol. The summed E-state index contributed by atoms with van der Waals surface area (Å²) in [5.41, 5.74) is 0.833. The molecular formula is C16H23Cl2N3O. The van der Waals surface area contributed by atoms with Crippen molar-refractivity contribution in [1.29, 1.82) is 0 Å². The highest BCUT2D eigenvalue weighted by atomic mass is 35.5. The first-order valence-corrected chi connectivity index (χ1v) is 8.31. The zero-order valence-electron chi connectivity index (χ0n) is 13.3. The highest BCUT2D eigenvalue weighted by molar-refractivity contribution is 6.42. The van der Waals surface area contributed by atoms with Crippen LogP contribution in [0.5, 0.6) is 0 Å². The summed E-state index contributed by atoms with van der Waals surface area (Å²) in [7, 11) is 3.97. The summed E-state index contributed by atoms with van der Waals surface area (Å²) in [4.78, 5) is 16.5. The molecule has 1 atom stereocenters. The van der Waals surface area contributed by atoms with Gasteiger partial charge in [-0.25, -0.2) is 4.79 Å². The first-order valence-electron chi connectivity index (χ1n) is 7.56. The van der Waals surface area contributed by atoms with Gasteiger partial charge in [-0.15, -0.1) is 0 Å². The number of nitrogens with one attached hydrogen (secondary N) is 1. The third kappa shape index (κ3) is 4.06. The fraction of sp³-hybridized carbons (Fsp3) is 0.562. The molecule has 0 aromatic heterocycles. The maximum atomic E-state index is 12.4. The number of halogens is 2. The van der Waals surface area contributed by atoms with Crippen molar-refractivity contribution in [2.75, 3.05) is 27.2 Å². The molecule has 1 aliphatic heterocycles. The molecule has 2 amide bonds. The number of carbonyl (C=O) groups is 1. The lowest BCUT2D eigenvalue weighted by molar-refractivity contribution is 0.146. The second kappa shape index (κ2) is 7.53. The Morgan fingerprint density at radius 3 is 2.64 bits per heavy atom. The lowest BCUT2D eigenvalue weighted by Gasteiger charge is -2.35. The van der Waals surface area contributed by atoms with Crippen LogP contribution in [0, 0.1) is 0 Å². The molecule has 1 N–H and O–H groups in total. The Balaban J connectivity index is 1.97. The summed E-state index contributed by atoms with van der Waals surface area (Å²) < 4.78 is 0. The van der Waals surface area contributed by atoms with Crippen molar-refractivity contribution in [3.63, 3.8) is 0 Å². The van der Waals surface area contributed by atoms with Gasteiger partial charge in [0.05, 0.1) is 16.1 Å². The molecule has 1 aromatic rings. The smallest absolute Gasteiger partial charge is 0.317 e. The fourth-order valence-electron chi connectivity index (χ4n) is 2.77. The highest BCUT2D eigenvalue weighted by Crippen LogP contribution is 2.29. The summed E-state index contributed by atoms with van der Waals surface area (Å²) >= 11 is 12.2. The average Bonchev–Trinajstić information content (AvgIpc) is 2.50. The van der Waals surface area contributed by atoms with Crippen molar-refractivity contribution in [3.05, 3.63) is 33.8 Å². The number of piperidine rings is 1. The van der Waals surface area contributed by atoms with Gasteiger partial charge in [-0.3, -0.25) is 0 Å². The molecule has 0 spiro atoms. The van der Waals surface area contributed by atoms with E-state index in [0.29, 0.717) is 16.1 Å². The summed E-state index contributed by atoms with van der Waals surface area (Å²) in [6.45, 7) is 3.97. The molecule has 6 heteroatoms. The number of likely N-dealkylation sites (tertiary alicyclic amines) is 1. The topological polar surface area (TPSA) is 35.6 Å². The molecule has 122 valence electrons. The van der Waals surface area contributed by atoms with E-state index >= 15 is 0 Å². The third-order valence-electron chi connectivity index (χ3n) is 4.34. The molecule has 4 nitrogen and oxygen atoms in total. The quantitative estimate of drug-likeness (QED) is 0.906.